The number of aliphatic imine (C=N–C) groups is 1. The Bertz CT molecular complexity index is 393. The molecule has 2 heteroatoms. The summed E-state index contributed by atoms with van der Waals surface area (Å²) in [4.78, 5) is 5.32. The predicted octanol–water partition coefficient (Wildman–Crippen LogP) is 3.08. The molecule has 0 N–H and O–H groups in total. The van der Waals surface area contributed by atoms with Crippen molar-refractivity contribution < 1.29 is 0 Å². The van der Waals surface area contributed by atoms with E-state index >= 15 is 0 Å². The molecule has 2 rings (SSSR count). The predicted molar refractivity (Wildman–Crippen MR) is 64.2 cm³/mol. The van der Waals surface area contributed by atoms with Gasteiger partial charge in [0.25, 0.3) is 0 Å². The molecule has 1 aromatic rings. The maximum atomic E-state index is 4.33. The van der Waals surface area contributed by atoms with Crippen LogP contribution in [0.15, 0.2) is 40.2 Å². The van der Waals surface area contributed by atoms with Crippen molar-refractivity contribution in [2.45, 2.75) is 11.8 Å². The van der Waals surface area contributed by atoms with Crippen molar-refractivity contribution in [2.75, 3.05) is 6.54 Å². The topological polar surface area (TPSA) is 12.4 Å². The third kappa shape index (κ3) is 2.07. The summed E-state index contributed by atoms with van der Waals surface area (Å²) in [6.07, 6.45) is 4.21. The van der Waals surface area contributed by atoms with Gasteiger partial charge in [0, 0.05) is 17.7 Å². The van der Waals surface area contributed by atoms with Crippen molar-refractivity contribution in [3.8, 4) is 0 Å². The van der Waals surface area contributed by atoms with E-state index in [9.17, 15) is 0 Å². The SMILES string of the molecule is CC1C=C(c2cccc(S)c2)C=NC1. The van der Waals surface area contributed by atoms with E-state index in [1.54, 1.807) is 0 Å². The summed E-state index contributed by atoms with van der Waals surface area (Å²) in [7, 11) is 0. The molecule has 0 aliphatic carbocycles. The van der Waals surface area contributed by atoms with Crippen LogP contribution in [-0.4, -0.2) is 12.8 Å². The Morgan fingerprint density at radius 2 is 2.29 bits per heavy atom. The van der Waals surface area contributed by atoms with E-state index in [0.29, 0.717) is 5.92 Å². The third-order valence-corrected chi connectivity index (χ3v) is 2.55. The highest BCUT2D eigenvalue weighted by atomic mass is 32.1. The fourth-order valence-electron chi connectivity index (χ4n) is 1.58. The van der Waals surface area contributed by atoms with Crippen LogP contribution >= 0.6 is 12.6 Å². The van der Waals surface area contributed by atoms with Crippen LogP contribution in [-0.2, 0) is 0 Å². The van der Waals surface area contributed by atoms with Gasteiger partial charge < -0.3 is 0 Å². The summed E-state index contributed by atoms with van der Waals surface area (Å²) in [5, 5.41) is 0. The summed E-state index contributed by atoms with van der Waals surface area (Å²) in [6, 6.07) is 8.16. The van der Waals surface area contributed by atoms with E-state index in [2.05, 4.69) is 42.8 Å². The first kappa shape index (κ1) is 9.53. The Kier molecular flexibility index (Phi) is 2.73. The largest absolute Gasteiger partial charge is 0.292 e. The smallest absolute Gasteiger partial charge is 0.0449 e. The molecule has 0 bridgehead atoms. The van der Waals surface area contributed by atoms with Gasteiger partial charge in [0.05, 0.1) is 0 Å². The van der Waals surface area contributed by atoms with Crippen molar-refractivity contribution >= 4 is 24.4 Å². The summed E-state index contributed by atoms with van der Waals surface area (Å²) in [6.45, 7) is 3.09. The van der Waals surface area contributed by atoms with Crippen LogP contribution in [0, 0.1) is 5.92 Å². The van der Waals surface area contributed by atoms with E-state index in [1.165, 1.54) is 11.1 Å². The highest BCUT2D eigenvalue weighted by Gasteiger charge is 2.06. The molecule has 14 heavy (non-hydrogen) atoms. The van der Waals surface area contributed by atoms with Gasteiger partial charge in [-0.25, -0.2) is 0 Å². The van der Waals surface area contributed by atoms with Crippen LogP contribution in [0.1, 0.15) is 12.5 Å². The fourth-order valence-corrected chi connectivity index (χ4v) is 1.80. The van der Waals surface area contributed by atoms with Crippen molar-refractivity contribution in [2.24, 2.45) is 10.9 Å². The maximum absolute atomic E-state index is 4.33. The Morgan fingerprint density at radius 1 is 1.43 bits per heavy atom. The van der Waals surface area contributed by atoms with Crippen molar-refractivity contribution in [3.63, 3.8) is 0 Å². The third-order valence-electron chi connectivity index (χ3n) is 2.27. The normalized spacial score (nSPS) is 20.7. The minimum Gasteiger partial charge on any atom is -0.292 e. The molecule has 1 aliphatic heterocycles. The maximum Gasteiger partial charge on any atom is 0.0449 e. The van der Waals surface area contributed by atoms with Crippen molar-refractivity contribution in [3.05, 3.63) is 35.9 Å². The fraction of sp³-hybridized carbons (Fsp3) is 0.250. The van der Waals surface area contributed by atoms with Crippen molar-refractivity contribution in [1.29, 1.82) is 0 Å². The lowest BCUT2D eigenvalue weighted by Gasteiger charge is -2.12. The Hall–Kier alpha value is -1.02. The number of allylic oxidation sites excluding steroid dienone is 1. The Labute approximate surface area is 90.0 Å². The summed E-state index contributed by atoms with van der Waals surface area (Å²) >= 11 is 4.32. The monoisotopic (exact) mass is 203 g/mol. The first-order chi connectivity index (χ1) is 6.75. The average Bonchev–Trinajstić information content (AvgIpc) is 2.18. The zero-order chi connectivity index (χ0) is 9.97. The number of benzene rings is 1. The van der Waals surface area contributed by atoms with Gasteiger partial charge in [-0.1, -0.05) is 25.1 Å². The molecule has 0 radical (unpaired) electrons. The Morgan fingerprint density at radius 3 is 3.00 bits per heavy atom. The number of hydrogen-bond acceptors (Lipinski definition) is 2. The molecule has 0 fully saturated rings. The van der Waals surface area contributed by atoms with Crippen LogP contribution < -0.4 is 0 Å². The van der Waals surface area contributed by atoms with Crippen LogP contribution in [0.2, 0.25) is 0 Å². The van der Waals surface area contributed by atoms with Gasteiger partial charge in [-0.05, 0) is 29.2 Å². The molecule has 0 aromatic heterocycles. The van der Waals surface area contributed by atoms with Crippen LogP contribution in [0.3, 0.4) is 0 Å². The molecule has 1 atom stereocenters. The van der Waals surface area contributed by atoms with Gasteiger partial charge in [0.15, 0.2) is 0 Å². The second kappa shape index (κ2) is 4.01. The number of hydrogen-bond donors (Lipinski definition) is 1. The molecule has 1 aliphatic rings. The first-order valence-corrected chi connectivity index (χ1v) is 5.21. The highest BCUT2D eigenvalue weighted by Crippen LogP contribution is 2.20. The van der Waals surface area contributed by atoms with Gasteiger partial charge in [-0.3, -0.25) is 4.99 Å². The first-order valence-electron chi connectivity index (χ1n) is 4.77. The zero-order valence-electron chi connectivity index (χ0n) is 8.14. The molecule has 1 nitrogen and oxygen atoms in total. The van der Waals surface area contributed by atoms with Gasteiger partial charge in [-0.15, -0.1) is 12.6 Å². The number of dihydropyridines is 1. The lowest BCUT2D eigenvalue weighted by Crippen LogP contribution is -2.03. The summed E-state index contributed by atoms with van der Waals surface area (Å²) in [5.74, 6) is 0.540. The summed E-state index contributed by atoms with van der Waals surface area (Å²) < 4.78 is 0. The van der Waals surface area contributed by atoms with Gasteiger partial charge in [0.2, 0.25) is 0 Å². The quantitative estimate of drug-likeness (QED) is 0.673. The van der Waals surface area contributed by atoms with Gasteiger partial charge in [0.1, 0.15) is 0 Å². The zero-order valence-corrected chi connectivity index (χ0v) is 9.04. The van der Waals surface area contributed by atoms with E-state index < -0.39 is 0 Å². The molecular weight excluding hydrogens is 190 g/mol. The van der Waals surface area contributed by atoms with E-state index in [-0.39, 0.29) is 0 Å². The molecule has 1 aromatic carbocycles. The average molecular weight is 203 g/mol. The number of nitrogens with zero attached hydrogens (tertiary/aromatic N) is 1. The van der Waals surface area contributed by atoms with Gasteiger partial charge in [-0.2, -0.15) is 0 Å². The Balaban J connectivity index is 2.35. The molecular formula is C12H13NS. The van der Waals surface area contributed by atoms with Crippen LogP contribution in [0.5, 0.6) is 0 Å². The minimum absolute atomic E-state index is 0.540. The van der Waals surface area contributed by atoms with Crippen LogP contribution in [0.4, 0.5) is 0 Å². The minimum atomic E-state index is 0.540. The lowest BCUT2D eigenvalue weighted by molar-refractivity contribution is 0.740. The molecule has 72 valence electrons. The standard InChI is InChI=1S/C12H13NS/c1-9-5-11(8-13-7-9)10-3-2-4-12(14)6-10/h2-6,8-9,14H,7H2,1H3. The molecule has 0 spiro atoms. The second-order valence-corrected chi connectivity index (χ2v) is 4.16. The van der Waals surface area contributed by atoms with Crippen LogP contribution in [0.25, 0.3) is 5.57 Å². The number of thiol groups is 1. The molecule has 0 saturated heterocycles. The van der Waals surface area contributed by atoms with E-state index in [4.69, 9.17) is 0 Å². The van der Waals surface area contributed by atoms with Crippen molar-refractivity contribution in [1.82, 2.24) is 0 Å². The second-order valence-electron chi connectivity index (χ2n) is 3.64. The molecule has 1 unspecified atom stereocenters. The molecule has 0 amide bonds. The highest BCUT2D eigenvalue weighted by molar-refractivity contribution is 7.80. The van der Waals surface area contributed by atoms with E-state index in [1.807, 2.05) is 18.3 Å². The van der Waals surface area contributed by atoms with Gasteiger partial charge >= 0.3 is 0 Å². The molecule has 1 heterocycles. The van der Waals surface area contributed by atoms with E-state index in [0.717, 1.165) is 11.4 Å². The molecule has 0 saturated carbocycles. The lowest BCUT2D eigenvalue weighted by atomic mass is 9.99. The number of rotatable bonds is 1. The summed E-state index contributed by atoms with van der Waals surface area (Å²) in [5.41, 5.74) is 2.41.